The smallest absolute Gasteiger partial charge is 0.222 e. The number of aryl methyl sites for hydroxylation is 2. The van der Waals surface area contributed by atoms with Crippen molar-refractivity contribution in [3.8, 4) is 0 Å². The second kappa shape index (κ2) is 8.00. The van der Waals surface area contributed by atoms with Gasteiger partial charge in [0.05, 0.1) is 0 Å². The van der Waals surface area contributed by atoms with Crippen LogP contribution < -0.4 is 0 Å². The van der Waals surface area contributed by atoms with Crippen molar-refractivity contribution in [2.45, 2.75) is 32.7 Å². The number of carbonyl (C=O) groups excluding carboxylic acids is 1. The molecule has 0 heterocycles. The molecule has 0 unspecified atom stereocenters. The van der Waals surface area contributed by atoms with Gasteiger partial charge < -0.3 is 4.90 Å². The van der Waals surface area contributed by atoms with Crippen LogP contribution in [0.4, 0.5) is 0 Å². The van der Waals surface area contributed by atoms with Gasteiger partial charge in [0.25, 0.3) is 0 Å². The lowest BCUT2D eigenvalue weighted by atomic mass is 10.1. The Hall–Kier alpha value is -1.80. The first-order chi connectivity index (χ1) is 10.6. The van der Waals surface area contributed by atoms with Gasteiger partial charge in [-0.15, -0.1) is 0 Å². The lowest BCUT2D eigenvalue weighted by Gasteiger charge is -2.17. The third-order valence-electron chi connectivity index (χ3n) is 3.84. The molecule has 2 nitrogen and oxygen atoms in total. The molecule has 0 aliphatic rings. The maximum Gasteiger partial charge on any atom is 0.222 e. The van der Waals surface area contributed by atoms with Crippen molar-refractivity contribution in [1.29, 1.82) is 0 Å². The Bertz CT molecular complexity index is 622. The van der Waals surface area contributed by atoms with Gasteiger partial charge >= 0.3 is 0 Å². The summed E-state index contributed by atoms with van der Waals surface area (Å²) in [6, 6.07) is 16.1. The normalized spacial score (nSPS) is 10.5. The van der Waals surface area contributed by atoms with E-state index in [-0.39, 0.29) is 5.91 Å². The van der Waals surface area contributed by atoms with Gasteiger partial charge in [0.2, 0.25) is 5.91 Å². The second-order valence-electron chi connectivity index (χ2n) is 5.51. The van der Waals surface area contributed by atoms with Crippen molar-refractivity contribution < 1.29 is 4.79 Å². The summed E-state index contributed by atoms with van der Waals surface area (Å²) in [6.07, 6.45) is 2.19. The largest absolute Gasteiger partial charge is 0.341 e. The number of hydrogen-bond acceptors (Lipinski definition) is 1. The van der Waals surface area contributed by atoms with E-state index in [0.29, 0.717) is 19.4 Å². The predicted octanol–water partition coefficient (Wildman–Crippen LogP) is 4.49. The third-order valence-corrected chi connectivity index (χ3v) is 4.21. The molecule has 0 N–H and O–H groups in total. The standard InChI is InChI=1S/C19H22ClNO/c1-3-15-8-10-16(11-9-15)14-21(2)19(22)13-12-17-6-4-5-7-18(17)20/h4-11H,3,12-14H2,1-2H3. The van der Waals surface area contributed by atoms with E-state index in [4.69, 9.17) is 11.6 Å². The third kappa shape index (κ3) is 4.60. The molecule has 2 aromatic carbocycles. The molecular formula is C19H22ClNO. The van der Waals surface area contributed by atoms with Gasteiger partial charge in [-0.1, -0.05) is 61.0 Å². The Morgan fingerprint density at radius 3 is 2.32 bits per heavy atom. The molecule has 0 aromatic heterocycles. The molecule has 2 aromatic rings. The monoisotopic (exact) mass is 315 g/mol. The van der Waals surface area contributed by atoms with Crippen LogP contribution >= 0.6 is 11.6 Å². The van der Waals surface area contributed by atoms with Crippen LogP contribution in [-0.4, -0.2) is 17.9 Å². The highest BCUT2D eigenvalue weighted by Crippen LogP contribution is 2.17. The van der Waals surface area contributed by atoms with Gasteiger partial charge in [-0.25, -0.2) is 0 Å². The SMILES string of the molecule is CCc1ccc(CN(C)C(=O)CCc2ccccc2Cl)cc1. The van der Waals surface area contributed by atoms with Crippen molar-refractivity contribution in [2.75, 3.05) is 7.05 Å². The van der Waals surface area contributed by atoms with Crippen LogP contribution in [0.1, 0.15) is 30.0 Å². The van der Waals surface area contributed by atoms with E-state index in [1.165, 1.54) is 5.56 Å². The molecule has 0 fully saturated rings. The molecule has 22 heavy (non-hydrogen) atoms. The number of hydrogen-bond donors (Lipinski definition) is 0. The van der Waals surface area contributed by atoms with E-state index in [1.807, 2.05) is 31.3 Å². The first-order valence-corrected chi connectivity index (χ1v) is 8.03. The van der Waals surface area contributed by atoms with Crippen molar-refractivity contribution in [1.82, 2.24) is 4.90 Å². The average Bonchev–Trinajstić information content (AvgIpc) is 2.54. The van der Waals surface area contributed by atoms with Crippen molar-refractivity contribution >= 4 is 17.5 Å². The molecule has 0 radical (unpaired) electrons. The fourth-order valence-electron chi connectivity index (χ4n) is 2.38. The number of rotatable bonds is 6. The lowest BCUT2D eigenvalue weighted by Crippen LogP contribution is -2.26. The van der Waals surface area contributed by atoms with Crippen LogP contribution in [0.25, 0.3) is 0 Å². The van der Waals surface area contributed by atoms with Crippen molar-refractivity contribution in [3.63, 3.8) is 0 Å². The summed E-state index contributed by atoms with van der Waals surface area (Å²) < 4.78 is 0. The lowest BCUT2D eigenvalue weighted by molar-refractivity contribution is -0.130. The first kappa shape index (κ1) is 16.6. The summed E-state index contributed by atoms with van der Waals surface area (Å²) in [5, 5.41) is 0.730. The predicted molar refractivity (Wildman–Crippen MR) is 92.1 cm³/mol. The Morgan fingerprint density at radius 2 is 1.68 bits per heavy atom. The van der Waals surface area contributed by atoms with Crippen LogP contribution in [-0.2, 0) is 24.2 Å². The molecule has 0 aliphatic heterocycles. The number of benzene rings is 2. The maximum atomic E-state index is 12.2. The topological polar surface area (TPSA) is 20.3 Å². The van der Waals surface area contributed by atoms with Gasteiger partial charge in [0, 0.05) is 25.0 Å². The van der Waals surface area contributed by atoms with Gasteiger partial charge in [-0.2, -0.15) is 0 Å². The summed E-state index contributed by atoms with van der Waals surface area (Å²) in [5.41, 5.74) is 3.50. The average molecular weight is 316 g/mol. The quantitative estimate of drug-likeness (QED) is 0.769. The molecular weight excluding hydrogens is 294 g/mol. The molecule has 1 amide bonds. The zero-order chi connectivity index (χ0) is 15.9. The summed E-state index contributed by atoms with van der Waals surface area (Å²) in [7, 11) is 1.85. The molecule has 116 valence electrons. The minimum absolute atomic E-state index is 0.138. The zero-order valence-corrected chi connectivity index (χ0v) is 13.9. The van der Waals surface area contributed by atoms with Crippen LogP contribution in [0.3, 0.4) is 0 Å². The highest BCUT2D eigenvalue weighted by Gasteiger charge is 2.10. The highest BCUT2D eigenvalue weighted by atomic mass is 35.5. The van der Waals surface area contributed by atoms with Crippen LogP contribution in [0.2, 0.25) is 5.02 Å². The van der Waals surface area contributed by atoms with Crippen LogP contribution in [0, 0.1) is 0 Å². The van der Waals surface area contributed by atoms with E-state index in [9.17, 15) is 4.79 Å². The summed E-state index contributed by atoms with van der Waals surface area (Å²) >= 11 is 6.12. The summed E-state index contributed by atoms with van der Waals surface area (Å²) in [6.45, 7) is 2.78. The van der Waals surface area contributed by atoms with Gasteiger partial charge in [-0.05, 0) is 35.6 Å². The Balaban J connectivity index is 1.87. The van der Waals surface area contributed by atoms with Gasteiger partial charge in [0.15, 0.2) is 0 Å². The molecule has 0 atom stereocenters. The molecule has 0 saturated carbocycles. The van der Waals surface area contributed by atoms with Gasteiger partial charge in [0.1, 0.15) is 0 Å². The van der Waals surface area contributed by atoms with E-state index in [0.717, 1.165) is 22.6 Å². The van der Waals surface area contributed by atoms with Crippen LogP contribution in [0.5, 0.6) is 0 Å². The van der Waals surface area contributed by atoms with Crippen molar-refractivity contribution in [3.05, 3.63) is 70.2 Å². The Kier molecular flexibility index (Phi) is 6.02. The summed E-state index contributed by atoms with van der Waals surface area (Å²) in [5.74, 6) is 0.138. The Morgan fingerprint density at radius 1 is 1.05 bits per heavy atom. The number of amides is 1. The molecule has 0 aliphatic carbocycles. The number of nitrogens with zero attached hydrogens (tertiary/aromatic N) is 1. The fourth-order valence-corrected chi connectivity index (χ4v) is 2.61. The maximum absolute atomic E-state index is 12.2. The van der Waals surface area contributed by atoms with E-state index >= 15 is 0 Å². The van der Waals surface area contributed by atoms with Crippen molar-refractivity contribution in [2.24, 2.45) is 0 Å². The molecule has 0 saturated heterocycles. The fraction of sp³-hybridized carbons (Fsp3) is 0.316. The molecule has 0 spiro atoms. The van der Waals surface area contributed by atoms with E-state index in [2.05, 4.69) is 31.2 Å². The Labute approximate surface area is 137 Å². The second-order valence-corrected chi connectivity index (χ2v) is 5.92. The number of halogens is 1. The van der Waals surface area contributed by atoms with E-state index in [1.54, 1.807) is 4.90 Å². The molecule has 2 rings (SSSR count). The molecule has 3 heteroatoms. The number of carbonyl (C=O) groups is 1. The minimum atomic E-state index is 0.138. The summed E-state index contributed by atoms with van der Waals surface area (Å²) in [4.78, 5) is 14.0. The minimum Gasteiger partial charge on any atom is -0.341 e. The van der Waals surface area contributed by atoms with Gasteiger partial charge in [-0.3, -0.25) is 4.79 Å². The highest BCUT2D eigenvalue weighted by molar-refractivity contribution is 6.31. The molecule has 0 bridgehead atoms. The zero-order valence-electron chi connectivity index (χ0n) is 13.2. The first-order valence-electron chi connectivity index (χ1n) is 7.65. The van der Waals surface area contributed by atoms with Crippen LogP contribution in [0.15, 0.2) is 48.5 Å². The van der Waals surface area contributed by atoms with E-state index < -0.39 is 0 Å².